The van der Waals surface area contributed by atoms with Crippen molar-refractivity contribution in [3.05, 3.63) is 70.3 Å². The van der Waals surface area contributed by atoms with Crippen LogP contribution in [-0.2, 0) is 6.54 Å². The molecule has 2 aromatic carbocycles. The number of carbonyl (C=O) groups is 2. The lowest BCUT2D eigenvalue weighted by Gasteiger charge is -2.10. The Hall–Kier alpha value is -4.14. The molecule has 0 aliphatic rings. The molecule has 0 spiro atoms. The fourth-order valence-corrected chi connectivity index (χ4v) is 3.34. The predicted molar refractivity (Wildman–Crippen MR) is 116 cm³/mol. The molecular formula is C22H21N5O4. The third-order valence-corrected chi connectivity index (χ3v) is 4.82. The first-order valence-corrected chi connectivity index (χ1v) is 9.88. The van der Waals surface area contributed by atoms with E-state index in [0.29, 0.717) is 29.7 Å². The van der Waals surface area contributed by atoms with E-state index in [1.54, 1.807) is 43.3 Å². The molecule has 0 atom stereocenters. The van der Waals surface area contributed by atoms with Crippen LogP contribution in [0.4, 0.5) is 0 Å². The van der Waals surface area contributed by atoms with Crippen LogP contribution >= 0.6 is 0 Å². The van der Waals surface area contributed by atoms with Crippen molar-refractivity contribution in [2.45, 2.75) is 20.4 Å². The second kappa shape index (κ2) is 8.31. The van der Waals surface area contributed by atoms with Crippen molar-refractivity contribution in [3.8, 4) is 5.75 Å². The molecule has 0 saturated heterocycles. The molecule has 2 heterocycles. The first kappa shape index (κ1) is 20.1. The predicted octanol–water partition coefficient (Wildman–Crippen LogP) is 2.37. The number of aromatic nitrogens is 3. The number of hydrazine groups is 1. The summed E-state index contributed by atoms with van der Waals surface area (Å²) in [6, 6.07) is 13.9. The van der Waals surface area contributed by atoms with Crippen LogP contribution in [0.25, 0.3) is 21.7 Å². The van der Waals surface area contributed by atoms with Crippen molar-refractivity contribution >= 4 is 33.5 Å². The van der Waals surface area contributed by atoms with E-state index in [0.717, 1.165) is 10.9 Å². The van der Waals surface area contributed by atoms with E-state index in [4.69, 9.17) is 4.74 Å². The van der Waals surface area contributed by atoms with Gasteiger partial charge in [0, 0.05) is 28.9 Å². The highest BCUT2D eigenvalue weighted by Gasteiger charge is 2.18. The highest BCUT2D eigenvalue weighted by atomic mass is 16.5. The number of hydrogen-bond acceptors (Lipinski definition) is 5. The van der Waals surface area contributed by atoms with Gasteiger partial charge in [-0.05, 0) is 38.1 Å². The number of rotatable bonds is 5. The molecule has 4 aromatic rings. The van der Waals surface area contributed by atoms with Crippen LogP contribution in [0.5, 0.6) is 5.75 Å². The summed E-state index contributed by atoms with van der Waals surface area (Å²) >= 11 is 0. The molecule has 31 heavy (non-hydrogen) atoms. The highest BCUT2D eigenvalue weighted by Crippen LogP contribution is 2.21. The SMILES string of the molecule is CCOc1ccc2cc(C(=O)NNC(=O)c3nn(CC)c(=O)c4ccccc34)[nH]c2c1. The lowest BCUT2D eigenvalue weighted by molar-refractivity contribution is 0.0841. The molecule has 0 aliphatic carbocycles. The van der Waals surface area contributed by atoms with Crippen LogP contribution in [0.3, 0.4) is 0 Å². The number of benzene rings is 2. The fraction of sp³-hybridized carbons (Fsp3) is 0.182. The monoisotopic (exact) mass is 419 g/mol. The Kier molecular flexibility index (Phi) is 5.40. The molecule has 0 unspecified atom stereocenters. The summed E-state index contributed by atoms with van der Waals surface area (Å²) in [6.07, 6.45) is 0. The number of amides is 2. The van der Waals surface area contributed by atoms with Gasteiger partial charge >= 0.3 is 0 Å². The van der Waals surface area contributed by atoms with Crippen LogP contribution in [0.1, 0.15) is 34.8 Å². The smallest absolute Gasteiger partial charge is 0.290 e. The minimum Gasteiger partial charge on any atom is -0.494 e. The molecular weight excluding hydrogens is 398 g/mol. The summed E-state index contributed by atoms with van der Waals surface area (Å²) in [5, 5.41) is 5.79. The van der Waals surface area contributed by atoms with Gasteiger partial charge < -0.3 is 9.72 Å². The zero-order valence-electron chi connectivity index (χ0n) is 17.1. The number of fused-ring (bicyclic) bond motifs is 2. The zero-order valence-corrected chi connectivity index (χ0v) is 17.1. The molecule has 9 heteroatoms. The number of nitrogens with zero attached hydrogens (tertiary/aromatic N) is 2. The topological polar surface area (TPSA) is 118 Å². The molecule has 3 N–H and O–H groups in total. The quantitative estimate of drug-likeness (QED) is 0.429. The molecule has 0 bridgehead atoms. The Labute approximate surface area is 177 Å². The number of aryl methyl sites for hydroxylation is 1. The lowest BCUT2D eigenvalue weighted by Crippen LogP contribution is -2.43. The van der Waals surface area contributed by atoms with Gasteiger partial charge in [0.15, 0.2) is 5.69 Å². The van der Waals surface area contributed by atoms with E-state index in [2.05, 4.69) is 20.9 Å². The molecule has 158 valence electrons. The first-order valence-electron chi connectivity index (χ1n) is 9.88. The molecule has 0 radical (unpaired) electrons. The van der Waals surface area contributed by atoms with Gasteiger partial charge in [0.05, 0.1) is 12.0 Å². The Balaban J connectivity index is 1.55. The Morgan fingerprint density at radius 2 is 1.77 bits per heavy atom. The van der Waals surface area contributed by atoms with Crippen molar-refractivity contribution in [1.29, 1.82) is 0 Å². The van der Waals surface area contributed by atoms with Crippen LogP contribution in [0.15, 0.2) is 53.3 Å². The summed E-state index contributed by atoms with van der Waals surface area (Å²) in [4.78, 5) is 40.7. The standard InChI is InChI=1S/C22H21N5O4/c1-3-27-22(30)16-8-6-5-7-15(16)19(26-27)21(29)25-24-20(28)18-11-13-9-10-14(31-4-2)12-17(13)23-18/h5-12,23H,3-4H2,1-2H3,(H,24,28)(H,25,29). The maximum Gasteiger partial charge on any atom is 0.290 e. The van der Waals surface area contributed by atoms with Crippen molar-refractivity contribution in [2.75, 3.05) is 6.61 Å². The molecule has 4 rings (SSSR count). The van der Waals surface area contributed by atoms with Crippen LogP contribution in [0, 0.1) is 0 Å². The molecule has 9 nitrogen and oxygen atoms in total. The first-order chi connectivity index (χ1) is 15.0. The van der Waals surface area contributed by atoms with Gasteiger partial charge in [0.25, 0.3) is 17.4 Å². The zero-order chi connectivity index (χ0) is 22.0. The number of carbonyl (C=O) groups excluding carboxylic acids is 2. The van der Waals surface area contributed by atoms with Crippen molar-refractivity contribution in [2.24, 2.45) is 0 Å². The second-order valence-corrected chi connectivity index (χ2v) is 6.79. The Morgan fingerprint density at radius 3 is 2.52 bits per heavy atom. The molecule has 2 amide bonds. The van der Waals surface area contributed by atoms with Gasteiger partial charge in [-0.3, -0.25) is 25.2 Å². The number of aromatic amines is 1. The third kappa shape index (κ3) is 3.85. The number of nitrogens with one attached hydrogen (secondary N) is 3. The van der Waals surface area contributed by atoms with Crippen molar-refractivity contribution < 1.29 is 14.3 Å². The number of ether oxygens (including phenoxy) is 1. The van der Waals surface area contributed by atoms with E-state index >= 15 is 0 Å². The summed E-state index contributed by atoms with van der Waals surface area (Å²) in [5.74, 6) is -0.446. The number of hydrogen-bond donors (Lipinski definition) is 3. The Bertz CT molecular complexity index is 1360. The minimum absolute atomic E-state index is 0.0513. The van der Waals surface area contributed by atoms with Gasteiger partial charge in [0.2, 0.25) is 0 Å². The maximum atomic E-state index is 12.7. The lowest BCUT2D eigenvalue weighted by atomic mass is 10.1. The third-order valence-electron chi connectivity index (χ3n) is 4.82. The Morgan fingerprint density at radius 1 is 1.03 bits per heavy atom. The van der Waals surface area contributed by atoms with E-state index in [1.807, 2.05) is 19.1 Å². The van der Waals surface area contributed by atoms with E-state index in [9.17, 15) is 14.4 Å². The normalized spacial score (nSPS) is 10.9. The van der Waals surface area contributed by atoms with Crippen LogP contribution in [0.2, 0.25) is 0 Å². The van der Waals surface area contributed by atoms with Gasteiger partial charge in [-0.1, -0.05) is 18.2 Å². The molecule has 0 fully saturated rings. The molecule has 0 saturated carbocycles. The fourth-order valence-electron chi connectivity index (χ4n) is 3.34. The van der Waals surface area contributed by atoms with Gasteiger partial charge in [-0.25, -0.2) is 4.68 Å². The van der Waals surface area contributed by atoms with Gasteiger partial charge in [0.1, 0.15) is 11.4 Å². The maximum absolute atomic E-state index is 12.7. The highest BCUT2D eigenvalue weighted by molar-refractivity contribution is 6.06. The average molecular weight is 419 g/mol. The van der Waals surface area contributed by atoms with Gasteiger partial charge in [-0.15, -0.1) is 0 Å². The average Bonchev–Trinajstić information content (AvgIpc) is 3.21. The summed E-state index contributed by atoms with van der Waals surface area (Å²) in [7, 11) is 0. The van der Waals surface area contributed by atoms with Crippen molar-refractivity contribution in [1.82, 2.24) is 25.6 Å². The number of H-pyrrole nitrogens is 1. The van der Waals surface area contributed by atoms with Crippen LogP contribution < -0.4 is 21.1 Å². The van der Waals surface area contributed by atoms with Crippen LogP contribution in [-0.4, -0.2) is 33.2 Å². The van der Waals surface area contributed by atoms with E-state index in [-0.39, 0.29) is 16.9 Å². The largest absolute Gasteiger partial charge is 0.494 e. The summed E-state index contributed by atoms with van der Waals surface area (Å²) in [5.41, 5.74) is 5.56. The van der Waals surface area contributed by atoms with E-state index < -0.39 is 11.8 Å². The van der Waals surface area contributed by atoms with E-state index in [1.165, 1.54) is 4.68 Å². The molecule has 2 aromatic heterocycles. The summed E-state index contributed by atoms with van der Waals surface area (Å²) < 4.78 is 6.68. The summed E-state index contributed by atoms with van der Waals surface area (Å²) in [6.45, 7) is 4.51. The minimum atomic E-state index is -0.624. The van der Waals surface area contributed by atoms with Crippen molar-refractivity contribution in [3.63, 3.8) is 0 Å². The van der Waals surface area contributed by atoms with Gasteiger partial charge in [-0.2, -0.15) is 5.10 Å². The molecule has 0 aliphatic heterocycles. The second-order valence-electron chi connectivity index (χ2n) is 6.79.